The van der Waals surface area contributed by atoms with Gasteiger partial charge in [0.25, 0.3) is 0 Å². The van der Waals surface area contributed by atoms with Crippen molar-refractivity contribution in [3.63, 3.8) is 0 Å². The molecule has 0 saturated carbocycles. The Bertz CT molecular complexity index is 129. The number of nitrogens with zero attached hydrogens (tertiary/aromatic N) is 1. The lowest BCUT2D eigenvalue weighted by Gasteiger charge is -2.13. The summed E-state index contributed by atoms with van der Waals surface area (Å²) in [5, 5.41) is 0.649. The lowest BCUT2D eigenvalue weighted by Crippen LogP contribution is -2.20. The Morgan fingerprint density at radius 2 is 2.00 bits per heavy atom. The van der Waals surface area contributed by atoms with Crippen molar-refractivity contribution in [2.45, 2.75) is 0 Å². The standard InChI is InChI=1S/C7H11BrClN/c1-6(8)4-10(3)5-7(2)9/h1-2,4-5H2,3H3. The molecule has 1 nitrogen and oxygen atoms in total. The second-order valence-corrected chi connectivity index (χ2v) is 3.86. The van der Waals surface area contributed by atoms with Crippen molar-refractivity contribution < 1.29 is 0 Å². The summed E-state index contributed by atoms with van der Waals surface area (Å²) in [7, 11) is 1.96. The minimum atomic E-state index is 0.649. The van der Waals surface area contributed by atoms with E-state index in [1.807, 2.05) is 11.9 Å². The molecule has 0 aromatic heterocycles. The normalized spacial score (nSPS) is 10.0. The zero-order valence-corrected chi connectivity index (χ0v) is 8.37. The summed E-state index contributed by atoms with van der Waals surface area (Å²) >= 11 is 8.83. The maximum absolute atomic E-state index is 5.57. The summed E-state index contributed by atoms with van der Waals surface area (Å²) in [6.45, 7) is 8.78. The van der Waals surface area contributed by atoms with E-state index in [2.05, 4.69) is 29.1 Å². The van der Waals surface area contributed by atoms with Crippen LogP contribution in [0.5, 0.6) is 0 Å². The first kappa shape index (κ1) is 10.2. The van der Waals surface area contributed by atoms with Gasteiger partial charge in [0.1, 0.15) is 0 Å². The average Bonchev–Trinajstić information content (AvgIpc) is 1.58. The molecule has 0 bridgehead atoms. The van der Waals surface area contributed by atoms with Crippen LogP contribution in [0.1, 0.15) is 0 Å². The van der Waals surface area contributed by atoms with Crippen LogP contribution in [0.2, 0.25) is 0 Å². The molecule has 0 N–H and O–H groups in total. The highest BCUT2D eigenvalue weighted by molar-refractivity contribution is 9.11. The molecular weight excluding hydrogens is 213 g/mol. The molecule has 0 heterocycles. The zero-order valence-electron chi connectivity index (χ0n) is 6.03. The smallest absolute Gasteiger partial charge is 0.0336 e. The maximum Gasteiger partial charge on any atom is 0.0336 e. The van der Waals surface area contributed by atoms with Crippen molar-refractivity contribution in [1.82, 2.24) is 4.90 Å². The summed E-state index contributed by atoms with van der Waals surface area (Å²) in [6.07, 6.45) is 0. The highest BCUT2D eigenvalue weighted by Gasteiger charge is 1.98. The van der Waals surface area contributed by atoms with Crippen molar-refractivity contribution >= 4 is 27.5 Å². The SMILES string of the molecule is C=C(Cl)CN(C)CC(=C)Br. The van der Waals surface area contributed by atoms with Gasteiger partial charge < -0.3 is 0 Å². The van der Waals surface area contributed by atoms with Gasteiger partial charge in [-0.25, -0.2) is 0 Å². The van der Waals surface area contributed by atoms with Gasteiger partial charge in [-0.2, -0.15) is 0 Å². The largest absolute Gasteiger partial charge is 0.296 e. The molecule has 0 amide bonds. The Balaban J connectivity index is 3.53. The predicted molar refractivity (Wildman–Crippen MR) is 50.6 cm³/mol. The van der Waals surface area contributed by atoms with E-state index in [9.17, 15) is 0 Å². The monoisotopic (exact) mass is 223 g/mol. The molecule has 0 saturated heterocycles. The second-order valence-electron chi connectivity index (χ2n) is 2.21. The molecule has 0 unspecified atom stereocenters. The van der Waals surface area contributed by atoms with E-state index in [-0.39, 0.29) is 0 Å². The Labute approximate surface area is 75.5 Å². The summed E-state index contributed by atoms with van der Waals surface area (Å²) in [4.78, 5) is 2.02. The lowest BCUT2D eigenvalue weighted by molar-refractivity contribution is 0.408. The fraction of sp³-hybridized carbons (Fsp3) is 0.429. The third-order valence-corrected chi connectivity index (χ3v) is 1.25. The van der Waals surface area contributed by atoms with Gasteiger partial charge in [-0.05, 0) is 7.05 Å². The molecule has 0 aliphatic heterocycles. The van der Waals surface area contributed by atoms with Gasteiger partial charge in [0.05, 0.1) is 0 Å². The van der Waals surface area contributed by atoms with Gasteiger partial charge in [0.2, 0.25) is 0 Å². The van der Waals surface area contributed by atoms with Gasteiger partial charge in [-0.15, -0.1) is 0 Å². The topological polar surface area (TPSA) is 3.24 Å². The van der Waals surface area contributed by atoms with Gasteiger partial charge in [-0.3, -0.25) is 4.90 Å². The molecule has 0 radical (unpaired) electrons. The molecule has 3 heteroatoms. The van der Waals surface area contributed by atoms with Crippen LogP contribution in [0, 0.1) is 0 Å². The first-order valence-electron chi connectivity index (χ1n) is 2.87. The molecule has 0 atom stereocenters. The Kier molecular flexibility index (Phi) is 5.04. The summed E-state index contributed by atoms with van der Waals surface area (Å²) < 4.78 is 0.952. The summed E-state index contributed by atoms with van der Waals surface area (Å²) in [6, 6.07) is 0. The number of rotatable bonds is 4. The lowest BCUT2D eigenvalue weighted by atomic mass is 10.5. The molecule has 0 spiro atoms. The molecule has 10 heavy (non-hydrogen) atoms. The third kappa shape index (κ3) is 6.33. The van der Waals surface area contributed by atoms with Crippen LogP contribution in [-0.4, -0.2) is 25.0 Å². The minimum Gasteiger partial charge on any atom is -0.296 e. The van der Waals surface area contributed by atoms with Crippen LogP contribution in [0.3, 0.4) is 0 Å². The van der Waals surface area contributed by atoms with Gasteiger partial charge in [0.15, 0.2) is 0 Å². The van der Waals surface area contributed by atoms with Crippen LogP contribution in [0.15, 0.2) is 22.7 Å². The Hall–Kier alpha value is 0.210. The molecule has 58 valence electrons. The van der Waals surface area contributed by atoms with Crippen molar-refractivity contribution in [1.29, 1.82) is 0 Å². The fourth-order valence-corrected chi connectivity index (χ4v) is 1.27. The van der Waals surface area contributed by atoms with E-state index >= 15 is 0 Å². The van der Waals surface area contributed by atoms with Crippen LogP contribution in [0.25, 0.3) is 0 Å². The molecule has 0 fully saturated rings. The van der Waals surface area contributed by atoms with Crippen molar-refractivity contribution in [2.75, 3.05) is 20.1 Å². The maximum atomic E-state index is 5.57. The quantitative estimate of drug-likeness (QED) is 0.709. The number of hydrogen-bond acceptors (Lipinski definition) is 1. The van der Waals surface area contributed by atoms with Crippen molar-refractivity contribution in [3.05, 3.63) is 22.7 Å². The van der Waals surface area contributed by atoms with Crippen LogP contribution in [0.4, 0.5) is 0 Å². The highest BCUT2D eigenvalue weighted by Crippen LogP contribution is 2.05. The van der Waals surface area contributed by atoms with Crippen LogP contribution < -0.4 is 0 Å². The van der Waals surface area contributed by atoms with E-state index in [4.69, 9.17) is 11.6 Å². The van der Waals surface area contributed by atoms with E-state index in [1.165, 1.54) is 0 Å². The minimum absolute atomic E-state index is 0.649. The van der Waals surface area contributed by atoms with E-state index < -0.39 is 0 Å². The molecule has 0 aromatic carbocycles. The highest BCUT2D eigenvalue weighted by atomic mass is 79.9. The van der Waals surface area contributed by atoms with E-state index in [1.54, 1.807) is 0 Å². The first-order chi connectivity index (χ1) is 4.52. The summed E-state index contributed by atoms with van der Waals surface area (Å²) in [5.74, 6) is 0. The van der Waals surface area contributed by atoms with Crippen LogP contribution in [-0.2, 0) is 0 Å². The van der Waals surface area contributed by atoms with E-state index in [0.29, 0.717) is 11.6 Å². The molecule has 0 aromatic rings. The van der Waals surface area contributed by atoms with Gasteiger partial charge in [-0.1, -0.05) is 40.7 Å². The molecule has 0 rings (SSSR count). The molecule has 0 aliphatic carbocycles. The molecular formula is C7H11BrClN. The number of likely N-dealkylation sites (N-methyl/N-ethyl adjacent to an activating group) is 1. The third-order valence-electron chi connectivity index (χ3n) is 0.883. The predicted octanol–water partition coefficient (Wildman–Crippen LogP) is 2.58. The van der Waals surface area contributed by atoms with Gasteiger partial charge >= 0.3 is 0 Å². The second kappa shape index (κ2) is 4.94. The number of hydrogen-bond donors (Lipinski definition) is 0. The van der Waals surface area contributed by atoms with Crippen molar-refractivity contribution in [3.8, 4) is 0 Å². The Morgan fingerprint density at radius 3 is 2.30 bits per heavy atom. The van der Waals surface area contributed by atoms with Crippen molar-refractivity contribution in [2.24, 2.45) is 0 Å². The molecule has 0 aliphatic rings. The number of halogens is 2. The Morgan fingerprint density at radius 1 is 1.50 bits per heavy atom. The average molecular weight is 225 g/mol. The zero-order chi connectivity index (χ0) is 8.15. The van der Waals surface area contributed by atoms with Crippen LogP contribution >= 0.6 is 27.5 Å². The summed E-state index contributed by atoms with van der Waals surface area (Å²) in [5.41, 5.74) is 0. The fourth-order valence-electron chi connectivity index (χ4n) is 0.642. The van der Waals surface area contributed by atoms with E-state index in [0.717, 1.165) is 11.0 Å². The van der Waals surface area contributed by atoms with Gasteiger partial charge in [0, 0.05) is 22.6 Å². The first-order valence-corrected chi connectivity index (χ1v) is 4.04.